The first-order chi connectivity index (χ1) is 5.81. The van der Waals surface area contributed by atoms with E-state index in [4.69, 9.17) is 21.1 Å². The predicted octanol–water partition coefficient (Wildman–Crippen LogP) is 1.81. The molecule has 1 aromatic heterocycles. The van der Waals surface area contributed by atoms with Crippen LogP contribution >= 0.6 is 11.6 Å². The van der Waals surface area contributed by atoms with Crippen LogP contribution < -0.4 is 4.74 Å². The van der Waals surface area contributed by atoms with Crippen LogP contribution in [0.2, 0.25) is 5.15 Å². The highest BCUT2D eigenvalue weighted by molar-refractivity contribution is 6.29. The highest BCUT2D eigenvalue weighted by Gasteiger charge is 2.29. The molecule has 1 aliphatic rings. The van der Waals surface area contributed by atoms with Crippen LogP contribution in [0.1, 0.15) is 11.8 Å². The molecule has 3 nitrogen and oxygen atoms in total. The molecule has 0 unspecified atom stereocenters. The Balaban J connectivity index is 2.39. The molecular weight excluding hydrogens is 178 g/mol. The second kappa shape index (κ2) is 2.92. The van der Waals surface area contributed by atoms with Gasteiger partial charge in [-0.2, -0.15) is 0 Å². The fourth-order valence-electron chi connectivity index (χ4n) is 1.05. The number of aromatic nitrogens is 1. The topological polar surface area (TPSA) is 34.6 Å². The molecule has 1 aliphatic heterocycles. The predicted molar refractivity (Wildman–Crippen MR) is 44.5 cm³/mol. The maximum atomic E-state index is 5.72. The van der Waals surface area contributed by atoms with E-state index in [9.17, 15) is 0 Å². The average Bonchev–Trinajstić information content (AvgIpc) is 2.87. The summed E-state index contributed by atoms with van der Waals surface area (Å²) in [5.74, 6) is 0.738. The molecule has 2 rings (SSSR count). The van der Waals surface area contributed by atoms with E-state index in [2.05, 4.69) is 4.98 Å². The SMILES string of the molecule is COc1ccc(Cl)nc1[C@H]1CO1. The van der Waals surface area contributed by atoms with Gasteiger partial charge in [0.15, 0.2) is 0 Å². The maximum absolute atomic E-state index is 5.72. The van der Waals surface area contributed by atoms with E-state index in [1.807, 2.05) is 0 Å². The molecule has 1 aromatic rings. The minimum absolute atomic E-state index is 0.0821. The highest BCUT2D eigenvalue weighted by atomic mass is 35.5. The number of hydrogen-bond donors (Lipinski definition) is 0. The third-order valence-electron chi connectivity index (χ3n) is 1.71. The number of nitrogens with zero attached hydrogens (tertiary/aromatic N) is 1. The molecule has 0 bridgehead atoms. The minimum atomic E-state index is 0.0821. The Labute approximate surface area is 75.3 Å². The first-order valence-electron chi connectivity index (χ1n) is 3.63. The van der Waals surface area contributed by atoms with Crippen LogP contribution in [0.15, 0.2) is 12.1 Å². The summed E-state index contributed by atoms with van der Waals surface area (Å²) in [6.07, 6.45) is 0.0821. The molecule has 0 aromatic carbocycles. The molecule has 12 heavy (non-hydrogen) atoms. The molecule has 0 amide bonds. The summed E-state index contributed by atoms with van der Waals surface area (Å²) in [6, 6.07) is 3.50. The van der Waals surface area contributed by atoms with Gasteiger partial charge in [0.2, 0.25) is 0 Å². The van der Waals surface area contributed by atoms with Gasteiger partial charge < -0.3 is 9.47 Å². The molecule has 0 aliphatic carbocycles. The van der Waals surface area contributed by atoms with Crippen LogP contribution in [-0.4, -0.2) is 18.7 Å². The van der Waals surface area contributed by atoms with Gasteiger partial charge >= 0.3 is 0 Å². The number of pyridine rings is 1. The van der Waals surface area contributed by atoms with Crippen LogP contribution in [-0.2, 0) is 4.74 Å². The lowest BCUT2D eigenvalue weighted by Gasteiger charge is -2.04. The lowest BCUT2D eigenvalue weighted by atomic mass is 10.2. The van der Waals surface area contributed by atoms with Gasteiger partial charge in [0, 0.05) is 0 Å². The number of hydrogen-bond acceptors (Lipinski definition) is 3. The number of rotatable bonds is 2. The molecule has 0 radical (unpaired) electrons. The average molecular weight is 186 g/mol. The van der Waals surface area contributed by atoms with E-state index in [1.54, 1.807) is 19.2 Å². The van der Waals surface area contributed by atoms with E-state index in [0.29, 0.717) is 11.8 Å². The van der Waals surface area contributed by atoms with Crippen LogP contribution in [0, 0.1) is 0 Å². The van der Waals surface area contributed by atoms with Gasteiger partial charge in [-0.05, 0) is 12.1 Å². The van der Waals surface area contributed by atoms with Crippen molar-refractivity contribution in [1.29, 1.82) is 0 Å². The van der Waals surface area contributed by atoms with Gasteiger partial charge in [-0.1, -0.05) is 11.6 Å². The van der Waals surface area contributed by atoms with E-state index in [0.717, 1.165) is 11.4 Å². The fraction of sp³-hybridized carbons (Fsp3) is 0.375. The lowest BCUT2D eigenvalue weighted by molar-refractivity contribution is 0.378. The summed E-state index contributed by atoms with van der Waals surface area (Å²) in [7, 11) is 1.61. The van der Waals surface area contributed by atoms with E-state index < -0.39 is 0 Å². The number of epoxide rings is 1. The molecular formula is C8H8ClNO2. The zero-order chi connectivity index (χ0) is 8.55. The van der Waals surface area contributed by atoms with Gasteiger partial charge in [0.25, 0.3) is 0 Å². The van der Waals surface area contributed by atoms with Crippen molar-refractivity contribution >= 4 is 11.6 Å². The Hall–Kier alpha value is -0.800. The van der Waals surface area contributed by atoms with Crippen molar-refractivity contribution < 1.29 is 9.47 Å². The quantitative estimate of drug-likeness (QED) is 0.521. The van der Waals surface area contributed by atoms with E-state index in [-0.39, 0.29) is 6.10 Å². The van der Waals surface area contributed by atoms with Gasteiger partial charge in [-0.25, -0.2) is 4.98 Å². The van der Waals surface area contributed by atoms with Gasteiger partial charge in [-0.3, -0.25) is 0 Å². The number of halogens is 1. The van der Waals surface area contributed by atoms with Crippen LogP contribution in [0.4, 0.5) is 0 Å². The molecule has 1 atom stereocenters. The number of ether oxygens (including phenoxy) is 2. The molecule has 64 valence electrons. The van der Waals surface area contributed by atoms with Crippen molar-refractivity contribution in [2.24, 2.45) is 0 Å². The molecule has 1 saturated heterocycles. The van der Waals surface area contributed by atoms with E-state index >= 15 is 0 Å². The Morgan fingerprint density at radius 1 is 1.67 bits per heavy atom. The summed E-state index contributed by atoms with van der Waals surface area (Å²) in [4.78, 5) is 4.12. The van der Waals surface area contributed by atoms with Gasteiger partial charge in [-0.15, -0.1) is 0 Å². The van der Waals surface area contributed by atoms with Crippen LogP contribution in [0.3, 0.4) is 0 Å². The summed E-state index contributed by atoms with van der Waals surface area (Å²) < 4.78 is 10.2. The third-order valence-corrected chi connectivity index (χ3v) is 1.92. The fourth-order valence-corrected chi connectivity index (χ4v) is 1.20. The molecule has 4 heteroatoms. The second-order valence-corrected chi connectivity index (χ2v) is 2.93. The Morgan fingerprint density at radius 2 is 2.42 bits per heavy atom. The van der Waals surface area contributed by atoms with Gasteiger partial charge in [0.1, 0.15) is 22.7 Å². The molecule has 2 heterocycles. The summed E-state index contributed by atoms with van der Waals surface area (Å²) in [5.41, 5.74) is 0.796. The smallest absolute Gasteiger partial charge is 0.143 e. The Bertz CT molecular complexity index is 299. The zero-order valence-corrected chi connectivity index (χ0v) is 7.34. The first-order valence-corrected chi connectivity index (χ1v) is 4.01. The zero-order valence-electron chi connectivity index (χ0n) is 6.58. The van der Waals surface area contributed by atoms with Crippen LogP contribution in [0.5, 0.6) is 5.75 Å². The summed E-state index contributed by atoms with van der Waals surface area (Å²) >= 11 is 5.72. The minimum Gasteiger partial charge on any atom is -0.495 e. The van der Waals surface area contributed by atoms with Crippen molar-refractivity contribution in [2.75, 3.05) is 13.7 Å². The summed E-state index contributed by atoms with van der Waals surface area (Å²) in [6.45, 7) is 0.712. The van der Waals surface area contributed by atoms with Crippen molar-refractivity contribution in [3.63, 3.8) is 0 Å². The van der Waals surface area contributed by atoms with Crippen molar-refractivity contribution in [3.8, 4) is 5.75 Å². The standard InChI is InChI=1S/C8H8ClNO2/c1-11-5-2-3-7(9)10-8(5)6-4-12-6/h2-3,6H,4H2,1H3/t6-/m1/s1. The third kappa shape index (κ3) is 1.38. The molecule has 0 spiro atoms. The largest absolute Gasteiger partial charge is 0.495 e. The summed E-state index contributed by atoms with van der Waals surface area (Å²) in [5, 5.41) is 0.473. The normalized spacial score (nSPS) is 20.7. The van der Waals surface area contributed by atoms with E-state index in [1.165, 1.54) is 0 Å². The molecule has 1 fully saturated rings. The highest BCUT2D eigenvalue weighted by Crippen LogP contribution is 2.35. The maximum Gasteiger partial charge on any atom is 0.143 e. The van der Waals surface area contributed by atoms with Gasteiger partial charge in [0.05, 0.1) is 13.7 Å². The Kier molecular flexibility index (Phi) is 1.90. The molecule has 0 saturated carbocycles. The number of methoxy groups -OCH3 is 1. The van der Waals surface area contributed by atoms with Crippen molar-refractivity contribution in [1.82, 2.24) is 4.98 Å². The van der Waals surface area contributed by atoms with Crippen LogP contribution in [0.25, 0.3) is 0 Å². The van der Waals surface area contributed by atoms with Crippen molar-refractivity contribution in [3.05, 3.63) is 23.0 Å². The monoisotopic (exact) mass is 185 g/mol. The second-order valence-electron chi connectivity index (χ2n) is 2.54. The molecule has 0 N–H and O–H groups in total. The van der Waals surface area contributed by atoms with Crippen molar-refractivity contribution in [2.45, 2.75) is 6.10 Å². The lowest BCUT2D eigenvalue weighted by Crippen LogP contribution is -1.94. The first kappa shape index (κ1) is 7.83. The Morgan fingerprint density at radius 3 is 3.00 bits per heavy atom.